The average Bonchev–Trinajstić information content (AvgIpc) is 3.35. The first kappa shape index (κ1) is 24.4. The van der Waals surface area contributed by atoms with Gasteiger partial charge in [0.25, 0.3) is 5.91 Å². The van der Waals surface area contributed by atoms with Crippen LogP contribution in [0, 0.1) is 0 Å². The van der Waals surface area contributed by atoms with Crippen molar-refractivity contribution in [3.63, 3.8) is 0 Å². The Kier molecular flexibility index (Phi) is 7.11. The van der Waals surface area contributed by atoms with Crippen LogP contribution >= 0.6 is 11.6 Å². The third-order valence-electron chi connectivity index (χ3n) is 5.77. The highest BCUT2D eigenvalue weighted by atomic mass is 35.5. The van der Waals surface area contributed by atoms with E-state index in [9.17, 15) is 9.59 Å². The molecule has 0 aliphatic carbocycles. The molecule has 3 aromatic heterocycles. The van der Waals surface area contributed by atoms with Gasteiger partial charge in [0.15, 0.2) is 5.58 Å². The number of furan rings is 1. The molecule has 5 rings (SSSR count). The number of hydrogen-bond acceptors (Lipinski definition) is 8. The summed E-state index contributed by atoms with van der Waals surface area (Å²) >= 11 is 6.48. The Labute approximate surface area is 217 Å². The summed E-state index contributed by atoms with van der Waals surface area (Å²) in [5, 5.41) is 3.96. The molecule has 4 aromatic rings. The average molecular weight is 519 g/mol. The van der Waals surface area contributed by atoms with E-state index in [-0.39, 0.29) is 24.2 Å². The van der Waals surface area contributed by atoms with E-state index in [0.717, 1.165) is 16.5 Å². The summed E-state index contributed by atoms with van der Waals surface area (Å²) in [5.41, 5.74) is 8.32. The maximum Gasteiger partial charge on any atom is 0.291 e. The van der Waals surface area contributed by atoms with Crippen molar-refractivity contribution in [3.8, 4) is 11.1 Å². The third kappa shape index (κ3) is 5.76. The van der Waals surface area contributed by atoms with Crippen LogP contribution in [0.2, 0.25) is 5.02 Å². The minimum atomic E-state index is -0.284. The van der Waals surface area contributed by atoms with E-state index < -0.39 is 0 Å². The number of amides is 2. The molecule has 0 unspecified atom stereocenters. The molecule has 10 nitrogen and oxygen atoms in total. The second kappa shape index (κ2) is 10.8. The smallest absolute Gasteiger partial charge is 0.291 e. The lowest BCUT2D eigenvalue weighted by molar-refractivity contribution is -0.116. The third-order valence-corrected chi connectivity index (χ3v) is 6.05. The van der Waals surface area contributed by atoms with Crippen molar-refractivity contribution in [3.05, 3.63) is 77.2 Å². The number of benzene rings is 1. The first-order valence-corrected chi connectivity index (χ1v) is 11.9. The topological polar surface area (TPSA) is 136 Å². The van der Waals surface area contributed by atoms with Gasteiger partial charge in [-0.05, 0) is 47.5 Å². The van der Waals surface area contributed by atoms with Crippen LogP contribution in [0.25, 0.3) is 28.2 Å². The molecule has 11 heteroatoms. The number of aromatic nitrogens is 3. The molecule has 1 fully saturated rings. The standard InChI is InChI=1S/C26H23ClN6O4/c27-21-11-17(19-13-31-25(32-14-19)26(35)33-5-7-36-8-6-33)9-18-10-20(37-24(18)21)15-30-23(34)4-2-16-1-3-22(28)29-12-16/h1-4,9-14H,5-8,15H2,(H2,28,29)(H,30,34). The Morgan fingerprint density at radius 2 is 1.84 bits per heavy atom. The first-order chi connectivity index (χ1) is 18.0. The molecule has 0 bridgehead atoms. The number of morpholine rings is 1. The van der Waals surface area contributed by atoms with Gasteiger partial charge < -0.3 is 25.1 Å². The molecule has 1 aromatic carbocycles. The van der Waals surface area contributed by atoms with Crippen LogP contribution in [0.3, 0.4) is 0 Å². The summed E-state index contributed by atoms with van der Waals surface area (Å²) < 4.78 is 11.1. The van der Waals surface area contributed by atoms with Gasteiger partial charge in [0.1, 0.15) is 11.6 Å². The highest BCUT2D eigenvalue weighted by Gasteiger charge is 2.21. The van der Waals surface area contributed by atoms with Crippen LogP contribution in [0.4, 0.5) is 5.82 Å². The second-order valence-corrected chi connectivity index (χ2v) is 8.76. The molecule has 0 atom stereocenters. The molecule has 0 saturated carbocycles. The van der Waals surface area contributed by atoms with Crippen molar-refractivity contribution in [1.82, 2.24) is 25.2 Å². The maximum absolute atomic E-state index is 12.6. The molecular weight excluding hydrogens is 496 g/mol. The number of carbonyl (C=O) groups is 2. The molecule has 37 heavy (non-hydrogen) atoms. The first-order valence-electron chi connectivity index (χ1n) is 11.5. The number of halogens is 1. The number of hydrogen-bond donors (Lipinski definition) is 2. The quantitative estimate of drug-likeness (QED) is 0.371. The van der Waals surface area contributed by atoms with Crippen LogP contribution in [-0.2, 0) is 16.1 Å². The highest BCUT2D eigenvalue weighted by molar-refractivity contribution is 6.35. The Morgan fingerprint density at radius 3 is 2.57 bits per heavy atom. The van der Waals surface area contributed by atoms with Gasteiger partial charge in [-0.2, -0.15) is 0 Å². The zero-order valence-corrected chi connectivity index (χ0v) is 20.4. The molecule has 1 aliphatic rings. The lowest BCUT2D eigenvalue weighted by atomic mass is 10.1. The molecule has 1 aliphatic heterocycles. The zero-order chi connectivity index (χ0) is 25.8. The van der Waals surface area contributed by atoms with E-state index in [1.165, 1.54) is 6.08 Å². The Morgan fingerprint density at radius 1 is 1.05 bits per heavy atom. The fourth-order valence-corrected chi connectivity index (χ4v) is 4.10. The molecule has 3 N–H and O–H groups in total. The number of nitrogen functional groups attached to an aromatic ring is 1. The van der Waals surface area contributed by atoms with Gasteiger partial charge in [-0.1, -0.05) is 11.6 Å². The van der Waals surface area contributed by atoms with Crippen molar-refractivity contribution in [1.29, 1.82) is 0 Å². The molecular formula is C26H23ClN6O4. The number of ether oxygens (including phenoxy) is 1. The van der Waals surface area contributed by atoms with E-state index in [0.29, 0.717) is 54.1 Å². The van der Waals surface area contributed by atoms with Gasteiger partial charge in [-0.25, -0.2) is 15.0 Å². The Hall–Kier alpha value is -4.28. The van der Waals surface area contributed by atoms with E-state index in [2.05, 4.69) is 20.3 Å². The van der Waals surface area contributed by atoms with Gasteiger partial charge in [0.05, 0.1) is 24.8 Å². The summed E-state index contributed by atoms with van der Waals surface area (Å²) in [4.78, 5) is 39.0. The summed E-state index contributed by atoms with van der Waals surface area (Å²) in [7, 11) is 0. The van der Waals surface area contributed by atoms with Crippen LogP contribution in [0.5, 0.6) is 0 Å². The van der Waals surface area contributed by atoms with Crippen molar-refractivity contribution in [2.75, 3.05) is 32.0 Å². The highest BCUT2D eigenvalue weighted by Crippen LogP contribution is 2.32. The lowest BCUT2D eigenvalue weighted by Crippen LogP contribution is -2.41. The number of anilines is 1. The monoisotopic (exact) mass is 518 g/mol. The normalized spacial score (nSPS) is 13.8. The van der Waals surface area contributed by atoms with Gasteiger partial charge in [0.2, 0.25) is 11.7 Å². The van der Waals surface area contributed by atoms with Crippen molar-refractivity contribution in [2.24, 2.45) is 0 Å². The number of nitrogens with zero attached hydrogens (tertiary/aromatic N) is 4. The molecule has 0 radical (unpaired) electrons. The summed E-state index contributed by atoms with van der Waals surface area (Å²) in [6, 6.07) is 8.89. The van der Waals surface area contributed by atoms with Crippen LogP contribution in [-0.4, -0.2) is 58.0 Å². The van der Waals surface area contributed by atoms with Gasteiger partial charge in [-0.15, -0.1) is 0 Å². The Bertz CT molecular complexity index is 1460. The minimum Gasteiger partial charge on any atom is -0.458 e. The predicted molar refractivity (Wildman–Crippen MR) is 139 cm³/mol. The molecule has 1 saturated heterocycles. The number of pyridine rings is 1. The van der Waals surface area contributed by atoms with E-state index >= 15 is 0 Å². The predicted octanol–water partition coefficient (Wildman–Crippen LogP) is 3.32. The number of nitrogens with two attached hydrogens (primary N) is 1. The minimum absolute atomic E-state index is 0.140. The van der Waals surface area contributed by atoms with Crippen LogP contribution in [0.15, 0.2) is 59.4 Å². The van der Waals surface area contributed by atoms with Gasteiger partial charge in [-0.3, -0.25) is 9.59 Å². The number of fused-ring (bicyclic) bond motifs is 1. The van der Waals surface area contributed by atoms with Gasteiger partial charge >= 0.3 is 0 Å². The fraction of sp³-hybridized carbons (Fsp3) is 0.192. The van der Waals surface area contributed by atoms with E-state index in [4.69, 9.17) is 26.5 Å². The lowest BCUT2D eigenvalue weighted by Gasteiger charge is -2.25. The van der Waals surface area contributed by atoms with Crippen molar-refractivity contribution in [2.45, 2.75) is 6.54 Å². The molecule has 188 valence electrons. The van der Waals surface area contributed by atoms with Crippen LogP contribution < -0.4 is 11.1 Å². The Balaban J connectivity index is 1.26. The van der Waals surface area contributed by atoms with Crippen molar-refractivity contribution < 1.29 is 18.7 Å². The maximum atomic E-state index is 12.6. The molecule has 0 spiro atoms. The fourth-order valence-electron chi connectivity index (χ4n) is 3.83. The van der Waals surface area contributed by atoms with E-state index in [1.807, 2.05) is 12.1 Å². The van der Waals surface area contributed by atoms with Crippen LogP contribution in [0.1, 0.15) is 21.9 Å². The largest absolute Gasteiger partial charge is 0.458 e. The van der Waals surface area contributed by atoms with Gasteiger partial charge in [0, 0.05) is 48.7 Å². The number of rotatable bonds is 6. The zero-order valence-electron chi connectivity index (χ0n) is 19.7. The summed E-state index contributed by atoms with van der Waals surface area (Å²) in [6.07, 6.45) is 7.84. The van der Waals surface area contributed by atoms with E-state index in [1.54, 1.807) is 47.8 Å². The number of nitrogens with one attached hydrogen (secondary N) is 1. The van der Waals surface area contributed by atoms with Crippen molar-refractivity contribution >= 4 is 46.3 Å². The summed E-state index contributed by atoms with van der Waals surface area (Å²) in [6.45, 7) is 2.25. The molecule has 2 amide bonds. The SMILES string of the molecule is Nc1ccc(C=CC(=O)NCc2cc3cc(-c4cnc(C(=O)N5CCOCC5)nc4)cc(Cl)c3o2)cn1. The number of carbonyl (C=O) groups excluding carboxylic acids is 2. The molecule has 4 heterocycles. The second-order valence-electron chi connectivity index (χ2n) is 8.36. The summed E-state index contributed by atoms with van der Waals surface area (Å²) in [5.74, 6) is 0.600.